The van der Waals surface area contributed by atoms with E-state index in [2.05, 4.69) is 20.7 Å². The number of benzene rings is 2. The lowest BCUT2D eigenvalue weighted by Crippen LogP contribution is -2.27. The van der Waals surface area contributed by atoms with Gasteiger partial charge in [-0.2, -0.15) is 0 Å². The Balaban J connectivity index is 1.90. The molecule has 0 bridgehead atoms. The highest BCUT2D eigenvalue weighted by Gasteiger charge is 2.26. The number of rotatable bonds is 4. The summed E-state index contributed by atoms with van der Waals surface area (Å²) < 4.78 is 41.8. The maximum absolute atomic E-state index is 13.9. The molecule has 0 saturated carbocycles. The third kappa shape index (κ3) is 3.55. The monoisotopic (exact) mass is 426 g/mol. The molecular weight excluding hydrogens is 411 g/mol. The number of carbonyl (C=O) groups is 1. The predicted octanol–water partition coefficient (Wildman–Crippen LogP) is 3.69. The number of nitrogens with one attached hydrogen (secondary N) is 1. The molecule has 1 aliphatic heterocycles. The van der Waals surface area contributed by atoms with Crippen molar-refractivity contribution in [2.24, 2.45) is 0 Å². The van der Waals surface area contributed by atoms with Gasteiger partial charge in [0.2, 0.25) is 5.91 Å². The topological polar surface area (TPSA) is 66.5 Å². The molecule has 0 atom stereocenters. The Morgan fingerprint density at radius 1 is 1.28 bits per heavy atom. The lowest BCUT2D eigenvalue weighted by molar-refractivity contribution is -0.118. The van der Waals surface area contributed by atoms with E-state index in [-0.39, 0.29) is 16.5 Å². The Hall–Kier alpha value is -1.93. The van der Waals surface area contributed by atoms with Gasteiger partial charge in [0, 0.05) is 23.1 Å². The van der Waals surface area contributed by atoms with Crippen LogP contribution in [0.25, 0.3) is 0 Å². The van der Waals surface area contributed by atoms with E-state index in [1.807, 2.05) is 0 Å². The fourth-order valence-corrected chi connectivity index (χ4v) is 4.22. The smallest absolute Gasteiger partial charge is 0.261 e. The Morgan fingerprint density at radius 2 is 2.04 bits per heavy atom. The minimum Gasteiger partial charge on any atom is -0.312 e. The molecule has 1 amide bonds. The highest BCUT2D eigenvalue weighted by molar-refractivity contribution is 9.10. The number of carbonyl (C=O) groups excluding carboxylic acids is 1. The lowest BCUT2D eigenvalue weighted by atomic mass is 10.2. The molecule has 132 valence electrons. The molecule has 1 heterocycles. The molecule has 1 N–H and O–H groups in total. The van der Waals surface area contributed by atoms with Crippen LogP contribution in [0.4, 0.5) is 15.8 Å². The Bertz CT molecular complexity index is 947. The fourth-order valence-electron chi connectivity index (χ4n) is 2.77. The number of halogens is 2. The second-order valence-corrected chi connectivity index (χ2v) is 8.27. The highest BCUT2D eigenvalue weighted by atomic mass is 79.9. The van der Waals surface area contributed by atoms with E-state index in [1.54, 1.807) is 24.0 Å². The first kappa shape index (κ1) is 17.9. The van der Waals surface area contributed by atoms with E-state index >= 15 is 0 Å². The van der Waals surface area contributed by atoms with Crippen LogP contribution in [0.3, 0.4) is 0 Å². The van der Waals surface area contributed by atoms with Crippen LogP contribution in [-0.4, -0.2) is 20.9 Å². The van der Waals surface area contributed by atoms with E-state index in [4.69, 9.17) is 0 Å². The minimum absolute atomic E-state index is 0.00409. The number of sulfonamides is 1. The summed E-state index contributed by atoms with van der Waals surface area (Å²) in [7, 11) is -3.92. The zero-order valence-corrected chi connectivity index (χ0v) is 15.8. The van der Waals surface area contributed by atoms with Gasteiger partial charge in [-0.15, -0.1) is 0 Å². The summed E-state index contributed by atoms with van der Waals surface area (Å²) in [5.74, 6) is -0.664. The molecule has 0 aliphatic carbocycles. The predicted molar refractivity (Wildman–Crippen MR) is 97.7 cm³/mol. The van der Waals surface area contributed by atoms with Crippen LogP contribution in [0.5, 0.6) is 0 Å². The van der Waals surface area contributed by atoms with Crippen molar-refractivity contribution in [2.45, 2.75) is 24.7 Å². The van der Waals surface area contributed by atoms with E-state index in [1.165, 1.54) is 24.3 Å². The summed E-state index contributed by atoms with van der Waals surface area (Å²) in [4.78, 5) is 13.6. The molecule has 2 aromatic rings. The molecule has 0 spiro atoms. The SMILES string of the molecule is CCC(=O)N1CCc2cc(S(=O)(=O)Nc3ccc(Br)cc3F)ccc21. The van der Waals surface area contributed by atoms with Crippen LogP contribution in [0.2, 0.25) is 0 Å². The van der Waals surface area contributed by atoms with Gasteiger partial charge >= 0.3 is 0 Å². The Morgan fingerprint density at radius 3 is 2.72 bits per heavy atom. The fraction of sp³-hybridized carbons (Fsp3) is 0.235. The number of fused-ring (bicyclic) bond motifs is 1. The van der Waals surface area contributed by atoms with Crippen LogP contribution in [0, 0.1) is 5.82 Å². The van der Waals surface area contributed by atoms with Crippen molar-refractivity contribution in [2.75, 3.05) is 16.2 Å². The third-order valence-electron chi connectivity index (χ3n) is 4.04. The van der Waals surface area contributed by atoms with Crippen LogP contribution in [-0.2, 0) is 21.2 Å². The van der Waals surface area contributed by atoms with Gasteiger partial charge in [0.1, 0.15) is 5.82 Å². The zero-order chi connectivity index (χ0) is 18.2. The van der Waals surface area contributed by atoms with E-state index in [0.717, 1.165) is 11.3 Å². The van der Waals surface area contributed by atoms with Gasteiger partial charge in [0.25, 0.3) is 10.0 Å². The lowest BCUT2D eigenvalue weighted by Gasteiger charge is -2.16. The Kier molecular flexibility index (Phi) is 4.83. The van der Waals surface area contributed by atoms with Crippen molar-refractivity contribution in [3.05, 3.63) is 52.3 Å². The number of amides is 1. The maximum Gasteiger partial charge on any atom is 0.261 e. The molecule has 3 rings (SSSR count). The van der Waals surface area contributed by atoms with Gasteiger partial charge in [-0.3, -0.25) is 9.52 Å². The van der Waals surface area contributed by atoms with Crippen LogP contribution >= 0.6 is 15.9 Å². The molecule has 1 aliphatic rings. The van der Waals surface area contributed by atoms with E-state index in [0.29, 0.717) is 23.9 Å². The van der Waals surface area contributed by atoms with Crippen molar-refractivity contribution in [1.82, 2.24) is 0 Å². The molecular formula is C17H16BrFN2O3S. The van der Waals surface area contributed by atoms with Gasteiger partial charge in [-0.25, -0.2) is 12.8 Å². The second kappa shape index (κ2) is 6.76. The van der Waals surface area contributed by atoms with Crippen molar-refractivity contribution in [3.63, 3.8) is 0 Å². The van der Waals surface area contributed by atoms with Crippen LogP contribution in [0.15, 0.2) is 45.8 Å². The van der Waals surface area contributed by atoms with E-state index in [9.17, 15) is 17.6 Å². The van der Waals surface area contributed by atoms with Crippen molar-refractivity contribution in [1.29, 1.82) is 0 Å². The molecule has 0 saturated heterocycles. The summed E-state index contributed by atoms with van der Waals surface area (Å²) in [6, 6.07) is 8.69. The highest BCUT2D eigenvalue weighted by Crippen LogP contribution is 2.31. The molecule has 0 fully saturated rings. The van der Waals surface area contributed by atoms with Gasteiger partial charge in [0.05, 0.1) is 10.6 Å². The minimum atomic E-state index is -3.92. The molecule has 0 unspecified atom stereocenters. The van der Waals surface area contributed by atoms with Gasteiger partial charge in [-0.1, -0.05) is 22.9 Å². The Labute approximate surface area is 154 Å². The van der Waals surface area contributed by atoms with Crippen LogP contribution < -0.4 is 9.62 Å². The first-order valence-corrected chi connectivity index (χ1v) is 10.0. The molecule has 5 nitrogen and oxygen atoms in total. The number of hydrogen-bond donors (Lipinski definition) is 1. The second-order valence-electron chi connectivity index (χ2n) is 5.67. The number of hydrogen-bond acceptors (Lipinski definition) is 3. The quantitative estimate of drug-likeness (QED) is 0.810. The standard InChI is InChI=1S/C17H16BrFN2O3S/c1-2-17(22)21-8-7-11-9-13(4-6-16(11)21)25(23,24)20-15-5-3-12(18)10-14(15)19/h3-6,9-10,20H,2,7-8H2,1H3. The summed E-state index contributed by atoms with van der Waals surface area (Å²) in [6.45, 7) is 2.33. The van der Waals surface area contributed by atoms with Crippen molar-refractivity contribution in [3.8, 4) is 0 Å². The van der Waals surface area contributed by atoms with Crippen molar-refractivity contribution >= 4 is 43.2 Å². The van der Waals surface area contributed by atoms with E-state index < -0.39 is 15.8 Å². The summed E-state index contributed by atoms with van der Waals surface area (Å²) in [5, 5.41) is 0. The molecule has 0 radical (unpaired) electrons. The molecule has 2 aromatic carbocycles. The average molecular weight is 427 g/mol. The molecule has 8 heteroatoms. The maximum atomic E-state index is 13.9. The van der Waals surface area contributed by atoms with Crippen molar-refractivity contribution < 1.29 is 17.6 Å². The number of anilines is 2. The number of nitrogens with zero attached hydrogens (tertiary/aromatic N) is 1. The average Bonchev–Trinajstić information content (AvgIpc) is 3.00. The van der Waals surface area contributed by atoms with Gasteiger partial charge < -0.3 is 4.90 Å². The third-order valence-corrected chi connectivity index (χ3v) is 5.89. The first-order valence-electron chi connectivity index (χ1n) is 7.73. The van der Waals surface area contributed by atoms with Gasteiger partial charge in [-0.05, 0) is 48.4 Å². The van der Waals surface area contributed by atoms with Crippen LogP contribution in [0.1, 0.15) is 18.9 Å². The largest absolute Gasteiger partial charge is 0.312 e. The van der Waals surface area contributed by atoms with Gasteiger partial charge in [0.15, 0.2) is 0 Å². The summed E-state index contributed by atoms with van der Waals surface area (Å²) in [5.41, 5.74) is 1.41. The normalized spacial score (nSPS) is 13.6. The molecule has 0 aromatic heterocycles. The first-order chi connectivity index (χ1) is 11.8. The summed E-state index contributed by atoms with van der Waals surface area (Å²) in [6.07, 6.45) is 0.987. The zero-order valence-electron chi connectivity index (χ0n) is 13.4. The summed E-state index contributed by atoms with van der Waals surface area (Å²) >= 11 is 3.13. The molecule has 25 heavy (non-hydrogen) atoms.